The molecule has 1 atom stereocenters. The molecule has 0 aliphatic rings. The van der Waals surface area contributed by atoms with E-state index in [2.05, 4.69) is 10.6 Å². The number of carbonyl (C=O) groups excluding carboxylic acids is 2. The van der Waals surface area contributed by atoms with Gasteiger partial charge in [0.25, 0.3) is 5.91 Å². The van der Waals surface area contributed by atoms with Gasteiger partial charge >= 0.3 is 0 Å². The predicted octanol–water partition coefficient (Wildman–Crippen LogP) is 1.42. The van der Waals surface area contributed by atoms with E-state index in [1.54, 1.807) is 25.1 Å². The molecule has 0 radical (unpaired) electrons. The smallest absolute Gasteiger partial charge is 0.251 e. The molecule has 0 saturated heterocycles. The fraction of sp³-hybridized carbons (Fsp3) is 0.429. The summed E-state index contributed by atoms with van der Waals surface area (Å²) in [6.07, 6.45) is 0. The van der Waals surface area contributed by atoms with Gasteiger partial charge in [0.15, 0.2) is 0 Å². The second-order valence-corrected chi connectivity index (χ2v) is 4.94. The van der Waals surface area contributed by atoms with Crippen LogP contribution in [0.15, 0.2) is 18.2 Å². The van der Waals surface area contributed by atoms with E-state index in [1.165, 1.54) is 0 Å². The molecule has 19 heavy (non-hydrogen) atoms. The van der Waals surface area contributed by atoms with Crippen molar-refractivity contribution in [3.63, 3.8) is 0 Å². The van der Waals surface area contributed by atoms with Crippen LogP contribution in [0, 0.1) is 6.92 Å². The highest BCUT2D eigenvalue weighted by atomic mass is 16.2. The normalized spacial score (nSPS) is 12.1. The average Bonchev–Trinajstić information content (AvgIpc) is 2.27. The van der Waals surface area contributed by atoms with Crippen LogP contribution in [0.2, 0.25) is 0 Å². The number of nitrogens with two attached hydrogens (primary N) is 1. The van der Waals surface area contributed by atoms with Gasteiger partial charge in [0.2, 0.25) is 5.91 Å². The minimum Gasteiger partial charge on any atom is -0.350 e. The highest BCUT2D eigenvalue weighted by molar-refractivity contribution is 5.98. The van der Waals surface area contributed by atoms with Crippen LogP contribution < -0.4 is 16.4 Å². The van der Waals surface area contributed by atoms with E-state index in [9.17, 15) is 9.59 Å². The average molecular weight is 263 g/mol. The quantitative estimate of drug-likeness (QED) is 0.768. The van der Waals surface area contributed by atoms with E-state index in [0.29, 0.717) is 11.3 Å². The number of aryl methyl sites for hydroxylation is 1. The van der Waals surface area contributed by atoms with E-state index in [-0.39, 0.29) is 17.9 Å². The van der Waals surface area contributed by atoms with Crippen molar-refractivity contribution in [2.45, 2.75) is 39.8 Å². The van der Waals surface area contributed by atoms with Crippen molar-refractivity contribution in [3.8, 4) is 0 Å². The Labute approximate surface area is 113 Å². The summed E-state index contributed by atoms with van der Waals surface area (Å²) >= 11 is 0. The number of amides is 2. The van der Waals surface area contributed by atoms with Gasteiger partial charge in [0, 0.05) is 17.3 Å². The van der Waals surface area contributed by atoms with Crippen molar-refractivity contribution in [1.82, 2.24) is 5.32 Å². The molecular weight excluding hydrogens is 242 g/mol. The van der Waals surface area contributed by atoms with E-state index >= 15 is 0 Å². The molecule has 5 heteroatoms. The molecule has 0 unspecified atom stereocenters. The molecule has 104 valence electrons. The van der Waals surface area contributed by atoms with E-state index in [4.69, 9.17) is 5.73 Å². The fourth-order valence-electron chi connectivity index (χ4n) is 1.59. The SMILES string of the molecule is Cc1cc(NC(=O)[C@H](C)N)ccc1C(=O)NC(C)C. The maximum Gasteiger partial charge on any atom is 0.251 e. The number of hydrogen-bond acceptors (Lipinski definition) is 3. The van der Waals surface area contributed by atoms with Crippen LogP contribution in [0.1, 0.15) is 36.7 Å². The number of carbonyl (C=O) groups is 2. The Morgan fingerprint density at radius 1 is 1.21 bits per heavy atom. The molecule has 0 aliphatic carbocycles. The molecule has 1 aromatic rings. The first-order valence-corrected chi connectivity index (χ1v) is 6.29. The van der Waals surface area contributed by atoms with Crippen molar-refractivity contribution < 1.29 is 9.59 Å². The van der Waals surface area contributed by atoms with Crippen molar-refractivity contribution in [2.24, 2.45) is 5.73 Å². The standard InChI is InChI=1S/C14H21N3O2/c1-8(2)16-14(19)12-6-5-11(7-9(12)3)17-13(18)10(4)15/h5-8,10H,15H2,1-4H3,(H,16,19)(H,17,18)/t10-/m0/s1. The Balaban J connectivity index is 2.86. The number of anilines is 1. The van der Waals surface area contributed by atoms with Crippen LogP contribution in [0.3, 0.4) is 0 Å². The lowest BCUT2D eigenvalue weighted by Gasteiger charge is -2.12. The lowest BCUT2D eigenvalue weighted by Crippen LogP contribution is -2.32. The molecule has 0 aliphatic heterocycles. The molecule has 5 nitrogen and oxygen atoms in total. The number of rotatable bonds is 4. The first-order valence-electron chi connectivity index (χ1n) is 6.29. The van der Waals surface area contributed by atoms with Gasteiger partial charge < -0.3 is 16.4 Å². The number of nitrogens with one attached hydrogen (secondary N) is 2. The van der Waals surface area contributed by atoms with Crippen LogP contribution in [0.5, 0.6) is 0 Å². The molecule has 0 spiro atoms. The second-order valence-electron chi connectivity index (χ2n) is 4.94. The molecule has 0 saturated carbocycles. The first kappa shape index (κ1) is 15.2. The Bertz CT molecular complexity index is 482. The van der Waals surface area contributed by atoms with Crippen molar-refractivity contribution in [2.75, 3.05) is 5.32 Å². The van der Waals surface area contributed by atoms with Gasteiger partial charge in [-0.25, -0.2) is 0 Å². The Kier molecular flexibility index (Phi) is 5.06. The van der Waals surface area contributed by atoms with Gasteiger partial charge in [-0.1, -0.05) is 0 Å². The van der Waals surface area contributed by atoms with Crippen LogP contribution >= 0.6 is 0 Å². The summed E-state index contributed by atoms with van der Waals surface area (Å²) in [5.74, 6) is -0.364. The van der Waals surface area contributed by atoms with Crippen molar-refractivity contribution in [3.05, 3.63) is 29.3 Å². The van der Waals surface area contributed by atoms with Gasteiger partial charge in [-0.2, -0.15) is 0 Å². The van der Waals surface area contributed by atoms with Crippen LogP contribution in [0.4, 0.5) is 5.69 Å². The van der Waals surface area contributed by atoms with Crippen molar-refractivity contribution >= 4 is 17.5 Å². The predicted molar refractivity (Wildman–Crippen MR) is 76.1 cm³/mol. The largest absolute Gasteiger partial charge is 0.350 e. The molecular formula is C14H21N3O2. The third-order valence-corrected chi connectivity index (χ3v) is 2.57. The molecule has 2 amide bonds. The number of benzene rings is 1. The molecule has 1 aromatic carbocycles. The third-order valence-electron chi connectivity index (χ3n) is 2.57. The molecule has 0 fully saturated rings. The Hall–Kier alpha value is -1.88. The van der Waals surface area contributed by atoms with Gasteiger partial charge in [-0.3, -0.25) is 9.59 Å². The zero-order valence-electron chi connectivity index (χ0n) is 11.8. The van der Waals surface area contributed by atoms with Gasteiger partial charge in [-0.15, -0.1) is 0 Å². The zero-order chi connectivity index (χ0) is 14.6. The van der Waals surface area contributed by atoms with Gasteiger partial charge in [0.1, 0.15) is 0 Å². The van der Waals surface area contributed by atoms with Crippen LogP contribution in [-0.2, 0) is 4.79 Å². The lowest BCUT2D eigenvalue weighted by molar-refractivity contribution is -0.117. The lowest BCUT2D eigenvalue weighted by atomic mass is 10.1. The summed E-state index contributed by atoms with van der Waals surface area (Å²) < 4.78 is 0. The number of hydrogen-bond donors (Lipinski definition) is 3. The van der Waals surface area contributed by atoms with Gasteiger partial charge in [0.05, 0.1) is 6.04 Å². The minimum absolute atomic E-state index is 0.0874. The first-order chi connectivity index (χ1) is 8.81. The second kappa shape index (κ2) is 6.33. The Morgan fingerprint density at radius 3 is 2.32 bits per heavy atom. The Morgan fingerprint density at radius 2 is 1.84 bits per heavy atom. The summed E-state index contributed by atoms with van der Waals surface area (Å²) in [6, 6.07) is 4.68. The summed E-state index contributed by atoms with van der Waals surface area (Å²) in [6.45, 7) is 7.26. The van der Waals surface area contributed by atoms with E-state index in [0.717, 1.165) is 5.56 Å². The molecule has 4 N–H and O–H groups in total. The summed E-state index contributed by atoms with van der Waals surface area (Å²) in [7, 11) is 0. The molecule has 0 bridgehead atoms. The maximum absolute atomic E-state index is 11.9. The third kappa shape index (κ3) is 4.37. The van der Waals surface area contributed by atoms with E-state index < -0.39 is 6.04 Å². The van der Waals surface area contributed by atoms with Crippen molar-refractivity contribution in [1.29, 1.82) is 0 Å². The summed E-state index contributed by atoms with van der Waals surface area (Å²) in [5, 5.41) is 5.53. The van der Waals surface area contributed by atoms with Crippen LogP contribution in [-0.4, -0.2) is 23.9 Å². The molecule has 0 aromatic heterocycles. The minimum atomic E-state index is -0.566. The van der Waals surface area contributed by atoms with Crippen LogP contribution in [0.25, 0.3) is 0 Å². The monoisotopic (exact) mass is 263 g/mol. The molecule has 0 heterocycles. The maximum atomic E-state index is 11.9. The zero-order valence-corrected chi connectivity index (χ0v) is 11.8. The summed E-state index contributed by atoms with van der Waals surface area (Å²) in [4.78, 5) is 23.4. The topological polar surface area (TPSA) is 84.2 Å². The van der Waals surface area contributed by atoms with Gasteiger partial charge in [-0.05, 0) is 51.5 Å². The highest BCUT2D eigenvalue weighted by Gasteiger charge is 2.12. The highest BCUT2D eigenvalue weighted by Crippen LogP contribution is 2.15. The van der Waals surface area contributed by atoms with E-state index in [1.807, 2.05) is 20.8 Å². The fourth-order valence-corrected chi connectivity index (χ4v) is 1.59. The molecule has 1 rings (SSSR count). The summed E-state index contributed by atoms with van der Waals surface area (Å²) in [5.41, 5.74) is 7.53.